The van der Waals surface area contributed by atoms with Gasteiger partial charge in [-0.1, -0.05) is 0 Å². The van der Waals surface area contributed by atoms with Crippen LogP contribution in [0.5, 0.6) is 0 Å². The van der Waals surface area contributed by atoms with Gasteiger partial charge in [0.25, 0.3) is 0 Å². The number of carbonyl (C=O) groups is 1. The maximum absolute atomic E-state index is 13.5. The molecular formula is C22H26FN5O. The summed E-state index contributed by atoms with van der Waals surface area (Å²) in [5, 5.41) is 4.04. The van der Waals surface area contributed by atoms with Crippen LogP contribution in [0.2, 0.25) is 0 Å². The first-order valence-electron chi connectivity index (χ1n) is 10.1. The molecule has 0 spiro atoms. The molecule has 1 aliphatic heterocycles. The number of rotatable bonds is 5. The Morgan fingerprint density at radius 3 is 2.59 bits per heavy atom. The minimum absolute atomic E-state index is 0.0102. The van der Waals surface area contributed by atoms with E-state index in [0.717, 1.165) is 54.2 Å². The van der Waals surface area contributed by atoms with Crippen LogP contribution < -0.4 is 10.2 Å². The van der Waals surface area contributed by atoms with E-state index in [2.05, 4.69) is 20.2 Å². The number of hydrogen-bond acceptors (Lipinski definition) is 4. The molecule has 1 aromatic carbocycles. The Morgan fingerprint density at radius 2 is 1.86 bits per heavy atom. The number of aryl methyl sites for hydroxylation is 2. The van der Waals surface area contributed by atoms with Crippen LogP contribution in [0.1, 0.15) is 24.2 Å². The van der Waals surface area contributed by atoms with Crippen LogP contribution in [0.4, 0.5) is 10.3 Å². The molecule has 4 rings (SSSR count). The average molecular weight is 395 g/mol. The van der Waals surface area contributed by atoms with E-state index in [0.29, 0.717) is 13.1 Å². The number of nitrogens with one attached hydrogen (secondary N) is 1. The Bertz CT molecular complexity index is 1000. The minimum atomic E-state index is -0.249. The third kappa shape index (κ3) is 4.39. The Hall–Kier alpha value is -2.96. The van der Waals surface area contributed by atoms with Crippen LogP contribution in [0.25, 0.3) is 10.9 Å². The van der Waals surface area contributed by atoms with E-state index in [9.17, 15) is 9.18 Å². The normalized spacial score (nSPS) is 15.1. The summed E-state index contributed by atoms with van der Waals surface area (Å²) in [5.41, 5.74) is 2.77. The quantitative estimate of drug-likeness (QED) is 0.721. The van der Waals surface area contributed by atoms with Gasteiger partial charge in [0, 0.05) is 49.7 Å². The van der Waals surface area contributed by atoms with Crippen LogP contribution in [-0.4, -0.2) is 40.1 Å². The molecule has 3 heterocycles. The predicted molar refractivity (Wildman–Crippen MR) is 111 cm³/mol. The van der Waals surface area contributed by atoms with Gasteiger partial charge in [-0.15, -0.1) is 0 Å². The first-order valence-corrected chi connectivity index (χ1v) is 10.1. The largest absolute Gasteiger partial charge is 0.354 e. The molecule has 1 saturated heterocycles. The van der Waals surface area contributed by atoms with Crippen molar-refractivity contribution in [1.82, 2.24) is 19.9 Å². The molecule has 0 bridgehead atoms. The lowest BCUT2D eigenvalue weighted by molar-refractivity contribution is -0.125. The highest BCUT2D eigenvalue weighted by atomic mass is 19.1. The highest BCUT2D eigenvalue weighted by Crippen LogP contribution is 2.21. The van der Waals surface area contributed by atoms with Gasteiger partial charge in [0.1, 0.15) is 5.82 Å². The van der Waals surface area contributed by atoms with Crippen LogP contribution in [0.3, 0.4) is 0 Å². The number of piperidine rings is 1. The van der Waals surface area contributed by atoms with Crippen molar-refractivity contribution in [1.29, 1.82) is 0 Å². The molecule has 0 aliphatic carbocycles. The lowest BCUT2D eigenvalue weighted by Crippen LogP contribution is -2.41. The van der Waals surface area contributed by atoms with Crippen LogP contribution in [0.15, 0.2) is 36.5 Å². The van der Waals surface area contributed by atoms with Gasteiger partial charge in [-0.3, -0.25) is 4.79 Å². The number of hydrogen-bond donors (Lipinski definition) is 1. The molecule has 3 aromatic rings. The highest BCUT2D eigenvalue weighted by molar-refractivity contribution is 5.80. The number of aromatic nitrogens is 3. The van der Waals surface area contributed by atoms with E-state index in [1.54, 1.807) is 6.07 Å². The van der Waals surface area contributed by atoms with Gasteiger partial charge in [0.15, 0.2) is 0 Å². The minimum Gasteiger partial charge on any atom is -0.354 e. The Kier molecular flexibility index (Phi) is 5.47. The Labute approximate surface area is 169 Å². The lowest BCUT2D eigenvalue weighted by Gasteiger charge is -2.31. The summed E-state index contributed by atoms with van der Waals surface area (Å²) >= 11 is 0. The Balaban J connectivity index is 1.28. The standard InChI is InChI=1S/C22H26FN5O/c1-15-13-16(2)26-22(25-15)28-10-6-18(7-11-28)21(29)24-8-12-27-9-5-17-3-4-19(23)14-20(17)27/h3-5,9,13-14,18H,6-8,10-12H2,1-2H3,(H,24,29). The van der Waals surface area contributed by atoms with E-state index in [-0.39, 0.29) is 17.6 Å². The topological polar surface area (TPSA) is 63.1 Å². The number of nitrogens with zero attached hydrogens (tertiary/aromatic N) is 4. The molecule has 1 amide bonds. The number of benzene rings is 1. The third-order valence-electron chi connectivity index (χ3n) is 5.51. The predicted octanol–water partition coefficient (Wildman–Crippen LogP) is 3.22. The van der Waals surface area contributed by atoms with Crippen molar-refractivity contribution in [2.24, 2.45) is 5.92 Å². The first-order chi connectivity index (χ1) is 14.0. The maximum Gasteiger partial charge on any atom is 0.225 e. The summed E-state index contributed by atoms with van der Waals surface area (Å²) in [6.07, 6.45) is 3.51. The van der Waals surface area contributed by atoms with Gasteiger partial charge in [-0.25, -0.2) is 14.4 Å². The fourth-order valence-corrected chi connectivity index (χ4v) is 3.99. The van der Waals surface area contributed by atoms with Crippen molar-refractivity contribution in [2.45, 2.75) is 33.2 Å². The molecule has 29 heavy (non-hydrogen) atoms. The number of carbonyl (C=O) groups excluding carboxylic acids is 1. The van der Waals surface area contributed by atoms with Gasteiger partial charge in [0.05, 0.1) is 5.52 Å². The van der Waals surface area contributed by atoms with Crippen LogP contribution >= 0.6 is 0 Å². The van der Waals surface area contributed by atoms with E-state index >= 15 is 0 Å². The zero-order chi connectivity index (χ0) is 20.4. The second-order valence-electron chi connectivity index (χ2n) is 7.72. The highest BCUT2D eigenvalue weighted by Gasteiger charge is 2.26. The summed E-state index contributed by atoms with van der Waals surface area (Å²) in [5.74, 6) is 0.610. The van der Waals surface area contributed by atoms with Crippen molar-refractivity contribution in [3.63, 3.8) is 0 Å². The van der Waals surface area contributed by atoms with Gasteiger partial charge < -0.3 is 14.8 Å². The van der Waals surface area contributed by atoms with Crippen LogP contribution in [-0.2, 0) is 11.3 Å². The SMILES string of the molecule is Cc1cc(C)nc(N2CCC(C(=O)NCCn3ccc4ccc(F)cc43)CC2)n1. The van der Waals surface area contributed by atoms with Gasteiger partial charge >= 0.3 is 0 Å². The number of fused-ring (bicyclic) bond motifs is 1. The monoisotopic (exact) mass is 395 g/mol. The second-order valence-corrected chi connectivity index (χ2v) is 7.72. The second kappa shape index (κ2) is 8.19. The molecule has 0 atom stereocenters. The first kappa shape index (κ1) is 19.4. The van der Waals surface area contributed by atoms with Crippen LogP contribution in [0, 0.1) is 25.6 Å². The fraction of sp³-hybridized carbons (Fsp3) is 0.409. The van der Waals surface area contributed by atoms with Crippen molar-refractivity contribution >= 4 is 22.8 Å². The fourth-order valence-electron chi connectivity index (χ4n) is 3.99. The molecule has 0 saturated carbocycles. The summed E-state index contributed by atoms with van der Waals surface area (Å²) < 4.78 is 15.5. The van der Waals surface area contributed by atoms with E-state index < -0.39 is 0 Å². The molecule has 0 radical (unpaired) electrons. The van der Waals surface area contributed by atoms with Crippen molar-refractivity contribution in [3.8, 4) is 0 Å². The third-order valence-corrected chi connectivity index (χ3v) is 5.51. The van der Waals surface area contributed by atoms with E-state index in [1.165, 1.54) is 12.1 Å². The van der Waals surface area contributed by atoms with Crippen molar-refractivity contribution in [3.05, 3.63) is 53.7 Å². The van der Waals surface area contributed by atoms with Gasteiger partial charge in [-0.2, -0.15) is 0 Å². The van der Waals surface area contributed by atoms with E-state index in [1.807, 2.05) is 36.7 Å². The molecule has 0 unspecified atom stereocenters. The average Bonchev–Trinajstić information content (AvgIpc) is 3.09. The zero-order valence-electron chi connectivity index (χ0n) is 16.9. The Morgan fingerprint density at radius 1 is 1.14 bits per heavy atom. The molecule has 1 N–H and O–H groups in total. The summed E-state index contributed by atoms with van der Waals surface area (Å²) in [6, 6.07) is 8.69. The number of anilines is 1. The molecular weight excluding hydrogens is 369 g/mol. The maximum atomic E-state index is 13.5. The van der Waals surface area contributed by atoms with Crippen molar-refractivity contribution in [2.75, 3.05) is 24.5 Å². The lowest BCUT2D eigenvalue weighted by atomic mass is 9.96. The summed E-state index contributed by atoms with van der Waals surface area (Å²) in [4.78, 5) is 23.8. The molecule has 7 heteroatoms. The smallest absolute Gasteiger partial charge is 0.225 e. The van der Waals surface area contributed by atoms with Gasteiger partial charge in [0.2, 0.25) is 11.9 Å². The molecule has 152 valence electrons. The molecule has 1 aliphatic rings. The van der Waals surface area contributed by atoms with E-state index in [4.69, 9.17) is 0 Å². The molecule has 6 nitrogen and oxygen atoms in total. The summed E-state index contributed by atoms with van der Waals surface area (Å²) in [7, 11) is 0. The van der Waals surface area contributed by atoms with Gasteiger partial charge in [-0.05, 0) is 62.4 Å². The number of amides is 1. The number of halogens is 1. The van der Waals surface area contributed by atoms with Crippen molar-refractivity contribution < 1.29 is 9.18 Å². The summed E-state index contributed by atoms with van der Waals surface area (Å²) in [6.45, 7) is 6.65. The molecule has 1 fully saturated rings. The zero-order valence-corrected chi connectivity index (χ0v) is 16.9. The molecule has 2 aromatic heterocycles.